The van der Waals surface area contributed by atoms with Gasteiger partial charge in [0.05, 0.1) is 10.9 Å². The van der Waals surface area contributed by atoms with Crippen molar-refractivity contribution in [3.63, 3.8) is 0 Å². The molecule has 0 heterocycles. The minimum Gasteiger partial charge on any atom is -0.323 e. The number of benzene rings is 2. The second-order valence-corrected chi connectivity index (χ2v) is 6.84. The molecule has 0 fully saturated rings. The summed E-state index contributed by atoms with van der Waals surface area (Å²) in [6.45, 7) is 1.75. The second kappa shape index (κ2) is 7.74. The first-order valence-electron chi connectivity index (χ1n) is 6.58. The summed E-state index contributed by atoms with van der Waals surface area (Å²) in [4.78, 5) is 12.1. The highest BCUT2D eigenvalue weighted by Crippen LogP contribution is 2.25. The Morgan fingerprint density at radius 1 is 1.27 bits per heavy atom. The largest absolute Gasteiger partial charge is 0.323 e. The van der Waals surface area contributed by atoms with Crippen molar-refractivity contribution in [2.45, 2.75) is 17.9 Å². The van der Waals surface area contributed by atoms with Gasteiger partial charge in [-0.25, -0.2) is 8.78 Å². The molecule has 0 saturated carbocycles. The number of rotatable bonds is 5. The fourth-order valence-electron chi connectivity index (χ4n) is 1.73. The van der Waals surface area contributed by atoms with Crippen LogP contribution in [0, 0.1) is 11.6 Å². The van der Waals surface area contributed by atoms with E-state index in [1.165, 1.54) is 17.8 Å². The minimum absolute atomic E-state index is 0.0141. The zero-order valence-corrected chi connectivity index (χ0v) is 14.2. The molecule has 0 aliphatic rings. The molecular weight excluding hydrogens is 372 g/mol. The van der Waals surface area contributed by atoms with Crippen LogP contribution in [0.4, 0.5) is 14.5 Å². The molecule has 0 spiro atoms. The first-order valence-corrected chi connectivity index (χ1v) is 8.42. The monoisotopic (exact) mass is 385 g/mol. The first kappa shape index (κ1) is 17.0. The molecule has 0 aromatic heterocycles. The number of anilines is 1. The van der Waals surface area contributed by atoms with Crippen LogP contribution in [0.1, 0.15) is 12.5 Å². The Balaban J connectivity index is 1.93. The van der Waals surface area contributed by atoms with Crippen LogP contribution in [0.15, 0.2) is 46.9 Å². The molecule has 6 heteroatoms. The lowest BCUT2D eigenvalue weighted by molar-refractivity contribution is -0.115. The Kier molecular flexibility index (Phi) is 5.97. The van der Waals surface area contributed by atoms with Crippen molar-refractivity contribution < 1.29 is 13.6 Å². The second-order valence-electron chi connectivity index (χ2n) is 4.66. The normalized spacial score (nSPS) is 12.0. The third-order valence-electron chi connectivity index (χ3n) is 3.00. The van der Waals surface area contributed by atoms with Crippen molar-refractivity contribution in [1.29, 1.82) is 0 Å². The van der Waals surface area contributed by atoms with Gasteiger partial charge in [0.25, 0.3) is 0 Å². The molecule has 0 saturated heterocycles. The lowest BCUT2D eigenvalue weighted by Crippen LogP contribution is -2.23. The number of hydrogen-bond donors (Lipinski definition) is 1. The summed E-state index contributed by atoms with van der Waals surface area (Å²) in [5.74, 6) is -1.12. The summed E-state index contributed by atoms with van der Waals surface area (Å²) >= 11 is 4.90. The number of hydrogen-bond acceptors (Lipinski definition) is 2. The van der Waals surface area contributed by atoms with E-state index in [-0.39, 0.29) is 16.8 Å². The Hall–Kier alpha value is -1.40. The van der Waals surface area contributed by atoms with Crippen molar-refractivity contribution in [3.8, 4) is 0 Å². The highest BCUT2D eigenvalue weighted by atomic mass is 79.9. The Bertz CT molecular complexity index is 681. The summed E-state index contributed by atoms with van der Waals surface area (Å²) in [7, 11) is 0. The van der Waals surface area contributed by atoms with E-state index in [0.29, 0.717) is 5.75 Å². The number of amides is 1. The van der Waals surface area contributed by atoms with Crippen LogP contribution >= 0.6 is 27.7 Å². The molecule has 2 rings (SSSR count). The zero-order valence-electron chi connectivity index (χ0n) is 11.8. The molecule has 2 nitrogen and oxygen atoms in total. The molecule has 1 atom stereocenters. The van der Waals surface area contributed by atoms with E-state index in [1.807, 2.05) is 24.3 Å². The first-order chi connectivity index (χ1) is 10.5. The van der Waals surface area contributed by atoms with E-state index in [4.69, 9.17) is 0 Å². The summed E-state index contributed by atoms with van der Waals surface area (Å²) in [5, 5.41) is 2.11. The van der Waals surface area contributed by atoms with Gasteiger partial charge in [0.1, 0.15) is 11.6 Å². The molecule has 0 radical (unpaired) electrons. The topological polar surface area (TPSA) is 29.1 Å². The van der Waals surface area contributed by atoms with E-state index in [1.54, 1.807) is 6.92 Å². The molecule has 116 valence electrons. The molecule has 0 aliphatic heterocycles. The highest BCUT2D eigenvalue weighted by molar-refractivity contribution is 9.10. The molecule has 0 bridgehead atoms. The number of thioether (sulfide) groups is 1. The molecule has 0 aliphatic carbocycles. The third-order valence-corrected chi connectivity index (χ3v) is 4.97. The van der Waals surface area contributed by atoms with Crippen molar-refractivity contribution in [2.24, 2.45) is 0 Å². The third kappa shape index (κ3) is 4.55. The summed E-state index contributed by atoms with van der Waals surface area (Å²) in [6.07, 6.45) is 0. The van der Waals surface area contributed by atoms with Gasteiger partial charge >= 0.3 is 0 Å². The van der Waals surface area contributed by atoms with E-state index in [9.17, 15) is 13.6 Å². The Labute approximate surface area is 140 Å². The molecular formula is C16H14BrF2NOS. The molecule has 0 unspecified atom stereocenters. The van der Waals surface area contributed by atoms with E-state index in [2.05, 4.69) is 21.2 Å². The van der Waals surface area contributed by atoms with Crippen molar-refractivity contribution in [3.05, 3.63) is 64.1 Å². The van der Waals surface area contributed by atoms with Gasteiger partial charge in [-0.3, -0.25) is 4.79 Å². The standard InChI is InChI=1S/C16H14BrF2NOS/c1-10(22-9-11-4-2-3-5-13(11)17)16(21)20-15-7-6-12(18)8-14(15)19/h2-8,10H,9H2,1H3,(H,20,21)/t10-/m1/s1. The van der Waals surface area contributed by atoms with Crippen molar-refractivity contribution in [2.75, 3.05) is 5.32 Å². The smallest absolute Gasteiger partial charge is 0.237 e. The van der Waals surface area contributed by atoms with Crippen LogP contribution in [-0.4, -0.2) is 11.2 Å². The number of nitrogens with one attached hydrogen (secondary N) is 1. The van der Waals surface area contributed by atoms with Crippen molar-refractivity contribution in [1.82, 2.24) is 0 Å². The minimum atomic E-state index is -0.781. The quantitative estimate of drug-likeness (QED) is 0.785. The van der Waals surface area contributed by atoms with Gasteiger partial charge in [-0.15, -0.1) is 11.8 Å². The van der Waals surface area contributed by atoms with Gasteiger partial charge in [0, 0.05) is 16.3 Å². The fourth-order valence-corrected chi connectivity index (χ4v) is 3.23. The van der Waals surface area contributed by atoms with Crippen LogP contribution < -0.4 is 5.32 Å². The van der Waals surface area contributed by atoms with Gasteiger partial charge < -0.3 is 5.32 Å². The predicted octanol–water partition coefficient (Wildman–Crippen LogP) is 4.99. The van der Waals surface area contributed by atoms with Gasteiger partial charge in [-0.05, 0) is 30.7 Å². The van der Waals surface area contributed by atoms with Crippen LogP contribution in [0.2, 0.25) is 0 Å². The van der Waals surface area contributed by atoms with E-state index < -0.39 is 11.6 Å². The van der Waals surface area contributed by atoms with Gasteiger partial charge in [-0.1, -0.05) is 34.1 Å². The number of carbonyl (C=O) groups is 1. The highest BCUT2D eigenvalue weighted by Gasteiger charge is 2.16. The average Bonchev–Trinajstić information content (AvgIpc) is 2.49. The van der Waals surface area contributed by atoms with Gasteiger partial charge in [0.15, 0.2) is 0 Å². The maximum absolute atomic E-state index is 13.5. The van der Waals surface area contributed by atoms with Crippen molar-refractivity contribution >= 4 is 39.3 Å². The summed E-state index contributed by atoms with van der Waals surface area (Å²) in [5.41, 5.74) is 1.07. The lowest BCUT2D eigenvalue weighted by Gasteiger charge is -2.13. The number of carbonyl (C=O) groups excluding carboxylic acids is 1. The maximum atomic E-state index is 13.5. The summed E-state index contributed by atoms with van der Waals surface area (Å²) in [6, 6.07) is 10.8. The summed E-state index contributed by atoms with van der Waals surface area (Å²) < 4.78 is 27.3. The fraction of sp³-hybridized carbons (Fsp3) is 0.188. The Morgan fingerprint density at radius 3 is 2.68 bits per heavy atom. The zero-order chi connectivity index (χ0) is 16.1. The van der Waals surface area contributed by atoms with Crippen LogP contribution in [0.3, 0.4) is 0 Å². The lowest BCUT2D eigenvalue weighted by atomic mass is 10.2. The average molecular weight is 386 g/mol. The van der Waals surface area contributed by atoms with Crippen LogP contribution in [0.5, 0.6) is 0 Å². The molecule has 22 heavy (non-hydrogen) atoms. The van der Waals surface area contributed by atoms with Gasteiger partial charge in [0.2, 0.25) is 5.91 Å². The van der Waals surface area contributed by atoms with E-state index >= 15 is 0 Å². The molecule has 2 aromatic carbocycles. The van der Waals surface area contributed by atoms with Crippen LogP contribution in [-0.2, 0) is 10.5 Å². The maximum Gasteiger partial charge on any atom is 0.237 e. The van der Waals surface area contributed by atoms with E-state index in [0.717, 1.165) is 22.2 Å². The SMILES string of the molecule is C[C@@H](SCc1ccccc1Br)C(=O)Nc1ccc(F)cc1F. The molecule has 1 amide bonds. The predicted molar refractivity (Wildman–Crippen MR) is 89.9 cm³/mol. The van der Waals surface area contributed by atoms with Gasteiger partial charge in [-0.2, -0.15) is 0 Å². The number of halogens is 3. The Morgan fingerprint density at radius 2 is 2.00 bits per heavy atom. The molecule has 1 N–H and O–H groups in total. The van der Waals surface area contributed by atoms with Crippen LogP contribution in [0.25, 0.3) is 0 Å². The molecule has 2 aromatic rings.